The molecule has 0 radical (unpaired) electrons. The molecule has 78 valence electrons. The van der Waals surface area contributed by atoms with Crippen LogP contribution in [-0.2, 0) is 0 Å². The van der Waals surface area contributed by atoms with Crippen molar-refractivity contribution in [2.75, 3.05) is 6.61 Å². The molecule has 2 N–H and O–H groups in total. The van der Waals surface area contributed by atoms with E-state index < -0.39 is 0 Å². The van der Waals surface area contributed by atoms with Crippen molar-refractivity contribution < 1.29 is 5.11 Å². The maximum Gasteiger partial charge on any atom is 0.0582 e. The lowest BCUT2D eigenvalue weighted by Gasteiger charge is -2.22. The topological polar surface area (TPSA) is 32.3 Å². The van der Waals surface area contributed by atoms with Crippen molar-refractivity contribution in [2.24, 2.45) is 11.3 Å². The Morgan fingerprint density at radius 3 is 2.46 bits per heavy atom. The molecule has 3 atom stereocenters. The van der Waals surface area contributed by atoms with Crippen molar-refractivity contribution in [1.29, 1.82) is 0 Å². The Kier molecular flexibility index (Phi) is 3.36. The fraction of sp³-hybridized carbons (Fsp3) is 1.00. The third kappa shape index (κ3) is 2.96. The number of rotatable bonds is 3. The van der Waals surface area contributed by atoms with Crippen LogP contribution in [0, 0.1) is 11.3 Å². The van der Waals surface area contributed by atoms with E-state index in [0.717, 1.165) is 5.92 Å². The normalized spacial score (nSPS) is 34.8. The Balaban J connectivity index is 2.44. The molecule has 0 amide bonds. The van der Waals surface area contributed by atoms with Gasteiger partial charge >= 0.3 is 0 Å². The number of nitrogens with one attached hydrogen (secondary N) is 1. The standard InChI is InChI=1S/C11H23NO/c1-8-5-11(3,4)6-10(8)12-9(2)7-13/h8-10,12-13H,5-7H2,1-4H3. The van der Waals surface area contributed by atoms with E-state index in [9.17, 15) is 0 Å². The molecule has 0 bridgehead atoms. The second-order valence-corrected chi connectivity index (χ2v) is 5.41. The summed E-state index contributed by atoms with van der Waals surface area (Å²) in [6.07, 6.45) is 2.53. The van der Waals surface area contributed by atoms with E-state index in [4.69, 9.17) is 5.11 Å². The molecule has 0 aromatic carbocycles. The Morgan fingerprint density at radius 1 is 1.46 bits per heavy atom. The molecule has 1 fully saturated rings. The van der Waals surface area contributed by atoms with Crippen LogP contribution in [0.5, 0.6) is 0 Å². The summed E-state index contributed by atoms with van der Waals surface area (Å²) in [4.78, 5) is 0. The van der Waals surface area contributed by atoms with Crippen LogP contribution in [-0.4, -0.2) is 23.8 Å². The zero-order valence-electron chi connectivity index (χ0n) is 9.30. The molecule has 0 spiro atoms. The van der Waals surface area contributed by atoms with Crippen molar-refractivity contribution in [1.82, 2.24) is 5.32 Å². The molecule has 0 saturated heterocycles. The van der Waals surface area contributed by atoms with Crippen molar-refractivity contribution in [2.45, 2.75) is 52.6 Å². The lowest BCUT2D eigenvalue weighted by Crippen LogP contribution is -2.40. The van der Waals surface area contributed by atoms with Crippen LogP contribution in [0.1, 0.15) is 40.5 Å². The van der Waals surface area contributed by atoms with E-state index in [1.807, 2.05) is 6.92 Å². The summed E-state index contributed by atoms with van der Waals surface area (Å²) in [6.45, 7) is 9.24. The smallest absolute Gasteiger partial charge is 0.0582 e. The van der Waals surface area contributed by atoms with Crippen LogP contribution in [0.4, 0.5) is 0 Å². The number of aliphatic hydroxyl groups excluding tert-OH is 1. The number of hydrogen-bond donors (Lipinski definition) is 2. The fourth-order valence-electron chi connectivity index (χ4n) is 2.54. The van der Waals surface area contributed by atoms with Gasteiger partial charge in [0.1, 0.15) is 0 Å². The predicted molar refractivity (Wildman–Crippen MR) is 55.7 cm³/mol. The minimum absolute atomic E-state index is 0.237. The predicted octanol–water partition coefficient (Wildman–Crippen LogP) is 1.78. The zero-order valence-corrected chi connectivity index (χ0v) is 9.30. The number of hydrogen-bond acceptors (Lipinski definition) is 2. The first-order chi connectivity index (χ1) is 5.94. The highest BCUT2D eigenvalue weighted by molar-refractivity contribution is 4.91. The van der Waals surface area contributed by atoms with E-state index in [2.05, 4.69) is 26.1 Å². The lowest BCUT2D eigenvalue weighted by atomic mass is 9.91. The molecule has 2 heteroatoms. The molecule has 0 aliphatic heterocycles. The van der Waals surface area contributed by atoms with Gasteiger partial charge in [0.05, 0.1) is 6.61 Å². The Labute approximate surface area is 81.7 Å². The fourth-order valence-corrected chi connectivity index (χ4v) is 2.54. The monoisotopic (exact) mass is 185 g/mol. The van der Waals surface area contributed by atoms with Gasteiger partial charge in [-0.25, -0.2) is 0 Å². The second kappa shape index (κ2) is 3.97. The first-order valence-corrected chi connectivity index (χ1v) is 5.31. The lowest BCUT2D eigenvalue weighted by molar-refractivity contribution is 0.231. The van der Waals surface area contributed by atoms with E-state index >= 15 is 0 Å². The van der Waals surface area contributed by atoms with Crippen molar-refractivity contribution in [3.8, 4) is 0 Å². The van der Waals surface area contributed by atoms with Gasteiger partial charge in [-0.15, -0.1) is 0 Å². The highest BCUT2D eigenvalue weighted by atomic mass is 16.3. The summed E-state index contributed by atoms with van der Waals surface area (Å²) >= 11 is 0. The highest BCUT2D eigenvalue weighted by Crippen LogP contribution is 2.40. The summed E-state index contributed by atoms with van der Waals surface area (Å²) < 4.78 is 0. The van der Waals surface area contributed by atoms with Gasteiger partial charge in [0.2, 0.25) is 0 Å². The van der Waals surface area contributed by atoms with Gasteiger partial charge in [0.25, 0.3) is 0 Å². The quantitative estimate of drug-likeness (QED) is 0.702. The summed E-state index contributed by atoms with van der Waals surface area (Å²) in [6, 6.07) is 0.832. The minimum Gasteiger partial charge on any atom is -0.395 e. The molecule has 2 nitrogen and oxygen atoms in total. The van der Waals surface area contributed by atoms with Crippen molar-refractivity contribution in [3.63, 3.8) is 0 Å². The van der Waals surface area contributed by atoms with Crippen LogP contribution in [0.25, 0.3) is 0 Å². The van der Waals surface area contributed by atoms with Gasteiger partial charge < -0.3 is 10.4 Å². The van der Waals surface area contributed by atoms with Gasteiger partial charge in [-0.05, 0) is 31.1 Å². The second-order valence-electron chi connectivity index (χ2n) is 5.41. The summed E-state index contributed by atoms with van der Waals surface area (Å²) in [5, 5.41) is 12.4. The molecular weight excluding hydrogens is 162 g/mol. The Morgan fingerprint density at radius 2 is 2.08 bits per heavy atom. The molecule has 0 aromatic heterocycles. The molecule has 0 heterocycles. The van der Waals surface area contributed by atoms with E-state index in [0.29, 0.717) is 11.5 Å². The highest BCUT2D eigenvalue weighted by Gasteiger charge is 2.36. The summed E-state index contributed by atoms with van der Waals surface area (Å²) in [7, 11) is 0. The third-order valence-electron chi connectivity index (χ3n) is 3.11. The van der Waals surface area contributed by atoms with Crippen LogP contribution in [0.2, 0.25) is 0 Å². The molecule has 1 saturated carbocycles. The minimum atomic E-state index is 0.237. The first-order valence-electron chi connectivity index (χ1n) is 5.31. The van der Waals surface area contributed by atoms with Crippen LogP contribution in [0.3, 0.4) is 0 Å². The van der Waals surface area contributed by atoms with Crippen LogP contribution in [0.15, 0.2) is 0 Å². The molecule has 1 aliphatic carbocycles. The van der Waals surface area contributed by atoms with Crippen molar-refractivity contribution in [3.05, 3.63) is 0 Å². The zero-order chi connectivity index (χ0) is 10.1. The van der Waals surface area contributed by atoms with Gasteiger partial charge in [0, 0.05) is 12.1 Å². The maximum atomic E-state index is 8.95. The average molecular weight is 185 g/mol. The largest absolute Gasteiger partial charge is 0.395 e. The third-order valence-corrected chi connectivity index (χ3v) is 3.11. The molecule has 13 heavy (non-hydrogen) atoms. The molecule has 3 unspecified atom stereocenters. The Hall–Kier alpha value is -0.0800. The van der Waals surface area contributed by atoms with Gasteiger partial charge in [-0.3, -0.25) is 0 Å². The molecule has 1 aliphatic rings. The van der Waals surface area contributed by atoms with E-state index in [1.165, 1.54) is 12.8 Å². The van der Waals surface area contributed by atoms with Gasteiger partial charge in [-0.1, -0.05) is 20.8 Å². The number of aliphatic hydroxyl groups is 1. The van der Waals surface area contributed by atoms with Crippen LogP contribution >= 0.6 is 0 Å². The van der Waals surface area contributed by atoms with E-state index in [1.54, 1.807) is 0 Å². The van der Waals surface area contributed by atoms with Crippen molar-refractivity contribution >= 4 is 0 Å². The Bertz CT molecular complexity index is 167. The first kappa shape index (κ1) is 11.0. The SMILES string of the molecule is CC(CO)NC1CC(C)(C)CC1C. The van der Waals surface area contributed by atoms with Crippen LogP contribution < -0.4 is 5.32 Å². The summed E-state index contributed by atoms with van der Waals surface area (Å²) in [5.74, 6) is 0.740. The van der Waals surface area contributed by atoms with Gasteiger partial charge in [0.15, 0.2) is 0 Å². The average Bonchev–Trinajstić information content (AvgIpc) is 2.24. The molecule has 1 rings (SSSR count). The molecular formula is C11H23NO. The summed E-state index contributed by atoms with van der Waals surface area (Å²) in [5.41, 5.74) is 0.478. The maximum absolute atomic E-state index is 8.95. The molecule has 0 aromatic rings. The van der Waals surface area contributed by atoms with E-state index in [-0.39, 0.29) is 12.6 Å². The van der Waals surface area contributed by atoms with Gasteiger partial charge in [-0.2, -0.15) is 0 Å².